The van der Waals surface area contributed by atoms with Gasteiger partial charge in [0.05, 0.1) is 24.7 Å². The molecule has 3 aromatic rings. The first-order valence-electron chi connectivity index (χ1n) is 9.07. The number of hydrogen-bond acceptors (Lipinski definition) is 3. The predicted molar refractivity (Wildman–Crippen MR) is 103 cm³/mol. The van der Waals surface area contributed by atoms with E-state index >= 15 is 0 Å². The van der Waals surface area contributed by atoms with Crippen molar-refractivity contribution >= 4 is 16.8 Å². The Morgan fingerprint density at radius 1 is 1.22 bits per heavy atom. The molecule has 0 saturated heterocycles. The first-order valence-corrected chi connectivity index (χ1v) is 9.07. The third-order valence-electron chi connectivity index (χ3n) is 5.01. The number of likely N-dealkylation sites (N-methyl/N-ethyl adjacent to an activating group) is 1. The number of halogens is 1. The second-order valence-corrected chi connectivity index (χ2v) is 6.92. The number of nitrogens with one attached hydrogen (secondary N) is 1. The number of pyridine rings is 1. The number of aromatic nitrogens is 1. The van der Waals surface area contributed by atoms with E-state index in [1.807, 2.05) is 12.1 Å². The van der Waals surface area contributed by atoms with Gasteiger partial charge < -0.3 is 10.1 Å². The lowest BCUT2D eigenvalue weighted by Gasteiger charge is -2.12. The minimum atomic E-state index is -0.386. The third-order valence-corrected chi connectivity index (χ3v) is 5.01. The molecule has 0 atom stereocenters. The normalized spacial score (nSPS) is 13.6. The number of hydrogen-bond donors (Lipinski definition) is 1. The first kappa shape index (κ1) is 17.5. The number of amides is 1. The maximum Gasteiger partial charge on any atom is 0.224 e. The van der Waals surface area contributed by atoms with Gasteiger partial charge in [-0.2, -0.15) is 0 Å². The Morgan fingerprint density at radius 3 is 2.74 bits per heavy atom. The lowest BCUT2D eigenvalue weighted by Crippen LogP contribution is -2.19. The summed E-state index contributed by atoms with van der Waals surface area (Å²) in [6.45, 7) is 0. The van der Waals surface area contributed by atoms with E-state index in [-0.39, 0.29) is 17.5 Å². The Labute approximate surface area is 157 Å². The zero-order valence-electron chi connectivity index (χ0n) is 15.4. The van der Waals surface area contributed by atoms with Gasteiger partial charge in [-0.05, 0) is 66.3 Å². The Morgan fingerprint density at radius 2 is 2.04 bits per heavy atom. The lowest BCUT2D eigenvalue weighted by atomic mass is 9.98. The summed E-state index contributed by atoms with van der Waals surface area (Å²) in [6.07, 6.45) is 2.67. The second-order valence-electron chi connectivity index (χ2n) is 6.92. The summed E-state index contributed by atoms with van der Waals surface area (Å²) < 4.78 is 18.9. The fourth-order valence-electron chi connectivity index (χ4n) is 3.38. The number of benzene rings is 2. The van der Waals surface area contributed by atoms with E-state index in [1.54, 1.807) is 19.2 Å². The molecule has 1 aromatic heterocycles. The molecular weight excluding hydrogens is 343 g/mol. The summed E-state index contributed by atoms with van der Waals surface area (Å²) in [5.41, 5.74) is 4.74. The molecule has 0 bridgehead atoms. The Bertz CT molecular complexity index is 1030. The molecule has 1 saturated carbocycles. The van der Waals surface area contributed by atoms with Crippen LogP contribution in [0.5, 0.6) is 5.75 Å². The number of nitrogens with zero attached hydrogens (tertiary/aromatic N) is 1. The molecule has 1 aliphatic rings. The fourth-order valence-corrected chi connectivity index (χ4v) is 3.38. The van der Waals surface area contributed by atoms with Crippen molar-refractivity contribution < 1.29 is 13.9 Å². The van der Waals surface area contributed by atoms with Crippen LogP contribution in [0.15, 0.2) is 42.5 Å². The summed E-state index contributed by atoms with van der Waals surface area (Å²) in [7, 11) is 3.10. The van der Waals surface area contributed by atoms with E-state index in [2.05, 4.69) is 17.4 Å². The SMILES string of the molecule is CNC(=O)Cc1ccc2nc(-c3ccc(F)c(OC)c3)cc(C3CC3)c2c1. The van der Waals surface area contributed by atoms with E-state index < -0.39 is 0 Å². The molecule has 27 heavy (non-hydrogen) atoms. The topological polar surface area (TPSA) is 51.2 Å². The van der Waals surface area contributed by atoms with Crippen molar-refractivity contribution in [1.29, 1.82) is 0 Å². The van der Waals surface area contributed by atoms with Crippen LogP contribution in [0.3, 0.4) is 0 Å². The van der Waals surface area contributed by atoms with Crippen molar-refractivity contribution in [1.82, 2.24) is 10.3 Å². The van der Waals surface area contributed by atoms with E-state index in [1.165, 1.54) is 18.7 Å². The molecule has 4 rings (SSSR count). The minimum absolute atomic E-state index is 0.00897. The number of carbonyl (C=O) groups excluding carboxylic acids is 1. The molecule has 138 valence electrons. The van der Waals surface area contributed by atoms with Gasteiger partial charge in [0, 0.05) is 18.0 Å². The van der Waals surface area contributed by atoms with E-state index in [0.29, 0.717) is 12.3 Å². The highest BCUT2D eigenvalue weighted by atomic mass is 19.1. The van der Waals surface area contributed by atoms with Gasteiger partial charge in [0.25, 0.3) is 0 Å². The second kappa shape index (κ2) is 6.99. The highest BCUT2D eigenvalue weighted by Crippen LogP contribution is 2.44. The van der Waals surface area contributed by atoms with Gasteiger partial charge in [0.15, 0.2) is 11.6 Å². The molecule has 2 aromatic carbocycles. The summed E-state index contributed by atoms with van der Waals surface area (Å²) in [6, 6.07) is 12.9. The molecule has 1 amide bonds. The van der Waals surface area contributed by atoms with Crippen LogP contribution in [-0.2, 0) is 11.2 Å². The van der Waals surface area contributed by atoms with Crippen molar-refractivity contribution in [3.8, 4) is 17.0 Å². The van der Waals surface area contributed by atoms with Gasteiger partial charge in [-0.15, -0.1) is 0 Å². The van der Waals surface area contributed by atoms with Crippen LogP contribution >= 0.6 is 0 Å². The van der Waals surface area contributed by atoms with Crippen molar-refractivity contribution in [3.05, 3.63) is 59.4 Å². The average molecular weight is 364 g/mol. The van der Waals surface area contributed by atoms with Crippen LogP contribution in [0.2, 0.25) is 0 Å². The average Bonchev–Trinajstić information content (AvgIpc) is 3.52. The molecule has 0 unspecified atom stereocenters. The standard InChI is InChI=1S/C22H21FN2O2/c1-24-22(26)10-13-3-8-19-17(9-13)16(14-4-5-14)12-20(25-19)15-6-7-18(23)21(11-15)27-2/h3,6-9,11-12,14H,4-5,10H2,1-2H3,(H,24,26). The molecule has 4 nitrogen and oxygen atoms in total. The molecule has 1 heterocycles. The number of rotatable bonds is 5. The number of ether oxygens (including phenoxy) is 1. The Hall–Kier alpha value is -2.95. The monoisotopic (exact) mass is 364 g/mol. The molecule has 1 fully saturated rings. The maximum atomic E-state index is 13.8. The van der Waals surface area contributed by atoms with Crippen LogP contribution in [0.1, 0.15) is 29.9 Å². The zero-order valence-corrected chi connectivity index (χ0v) is 15.4. The molecule has 0 radical (unpaired) electrons. The maximum absolute atomic E-state index is 13.8. The Kier molecular flexibility index (Phi) is 4.52. The van der Waals surface area contributed by atoms with Gasteiger partial charge in [0.2, 0.25) is 5.91 Å². The summed E-state index contributed by atoms with van der Waals surface area (Å²) in [5, 5.41) is 3.75. The first-order chi connectivity index (χ1) is 13.1. The number of methoxy groups -OCH3 is 1. The number of fused-ring (bicyclic) bond motifs is 1. The van der Waals surface area contributed by atoms with E-state index in [9.17, 15) is 9.18 Å². The number of carbonyl (C=O) groups is 1. The van der Waals surface area contributed by atoms with Gasteiger partial charge in [0.1, 0.15) is 0 Å². The minimum Gasteiger partial charge on any atom is -0.494 e. The summed E-state index contributed by atoms with van der Waals surface area (Å²) in [4.78, 5) is 16.5. The molecule has 5 heteroatoms. The van der Waals surface area contributed by atoms with Crippen LogP contribution in [0.4, 0.5) is 4.39 Å². The predicted octanol–water partition coefficient (Wildman–Crippen LogP) is 4.22. The molecule has 0 aliphatic heterocycles. The Balaban J connectivity index is 1.82. The zero-order chi connectivity index (χ0) is 19.0. The van der Waals surface area contributed by atoms with Gasteiger partial charge in [-0.1, -0.05) is 6.07 Å². The largest absolute Gasteiger partial charge is 0.494 e. The van der Waals surface area contributed by atoms with Crippen LogP contribution in [-0.4, -0.2) is 25.0 Å². The van der Waals surface area contributed by atoms with Gasteiger partial charge in [-0.3, -0.25) is 4.79 Å². The van der Waals surface area contributed by atoms with Crippen LogP contribution in [0.25, 0.3) is 22.2 Å². The summed E-state index contributed by atoms with van der Waals surface area (Å²) >= 11 is 0. The lowest BCUT2D eigenvalue weighted by molar-refractivity contribution is -0.119. The van der Waals surface area contributed by atoms with E-state index in [4.69, 9.17) is 9.72 Å². The molecular formula is C22H21FN2O2. The highest BCUT2D eigenvalue weighted by Gasteiger charge is 2.26. The smallest absolute Gasteiger partial charge is 0.224 e. The molecule has 1 aliphatic carbocycles. The quantitative estimate of drug-likeness (QED) is 0.738. The third kappa shape index (κ3) is 3.50. The van der Waals surface area contributed by atoms with Crippen molar-refractivity contribution in [2.45, 2.75) is 25.2 Å². The van der Waals surface area contributed by atoms with Crippen LogP contribution in [0, 0.1) is 5.82 Å². The van der Waals surface area contributed by atoms with E-state index in [0.717, 1.165) is 40.6 Å². The molecule has 1 N–H and O–H groups in total. The van der Waals surface area contributed by atoms with Crippen molar-refractivity contribution in [3.63, 3.8) is 0 Å². The molecule has 0 spiro atoms. The van der Waals surface area contributed by atoms with Gasteiger partial charge >= 0.3 is 0 Å². The van der Waals surface area contributed by atoms with Gasteiger partial charge in [-0.25, -0.2) is 9.37 Å². The van der Waals surface area contributed by atoms with Crippen molar-refractivity contribution in [2.24, 2.45) is 0 Å². The highest BCUT2D eigenvalue weighted by molar-refractivity contribution is 5.88. The fraction of sp³-hybridized carbons (Fsp3) is 0.273. The summed E-state index contributed by atoms with van der Waals surface area (Å²) in [5.74, 6) is 0.337. The van der Waals surface area contributed by atoms with Crippen molar-refractivity contribution in [2.75, 3.05) is 14.2 Å². The van der Waals surface area contributed by atoms with Crippen LogP contribution < -0.4 is 10.1 Å².